The molecule has 4 heterocycles. The maximum absolute atomic E-state index is 8.94. The summed E-state index contributed by atoms with van der Waals surface area (Å²) < 4.78 is 11.2. The van der Waals surface area contributed by atoms with E-state index in [0.29, 0.717) is 40.6 Å². The summed E-state index contributed by atoms with van der Waals surface area (Å²) in [5.41, 5.74) is 4.38. The Bertz CT molecular complexity index is 1640. The molecule has 35 heavy (non-hydrogen) atoms. The summed E-state index contributed by atoms with van der Waals surface area (Å²) in [6.45, 7) is 0. The van der Waals surface area contributed by atoms with E-state index in [0.717, 1.165) is 22.3 Å². The summed E-state index contributed by atoms with van der Waals surface area (Å²) in [7, 11) is 0. The Labute approximate surface area is 198 Å². The topological polar surface area (TPSA) is 143 Å². The van der Waals surface area contributed by atoms with Gasteiger partial charge in [-0.05, 0) is 36.4 Å². The SMILES string of the molecule is N#Cc1ccc(-c2nc(-c3ccc(-c4ncc(-c5nnc(-c6ccncc6)o5)[nH]4)cc3)no2)cc1. The maximum atomic E-state index is 8.94. The highest BCUT2D eigenvalue weighted by molar-refractivity contribution is 5.66. The Kier molecular flexibility index (Phi) is 4.90. The molecule has 0 atom stereocenters. The van der Waals surface area contributed by atoms with Crippen LogP contribution in [0.15, 0.2) is 88.2 Å². The maximum Gasteiger partial charge on any atom is 0.266 e. The number of nitrogens with one attached hydrogen (secondary N) is 1. The van der Waals surface area contributed by atoms with Crippen LogP contribution in [-0.2, 0) is 0 Å². The third-order valence-electron chi connectivity index (χ3n) is 5.26. The van der Waals surface area contributed by atoms with Gasteiger partial charge in [-0.2, -0.15) is 10.2 Å². The van der Waals surface area contributed by atoms with Gasteiger partial charge in [-0.25, -0.2) is 4.98 Å². The van der Waals surface area contributed by atoms with Gasteiger partial charge in [0, 0.05) is 34.6 Å². The van der Waals surface area contributed by atoms with Crippen LogP contribution in [0.25, 0.3) is 57.3 Å². The molecule has 0 aliphatic carbocycles. The van der Waals surface area contributed by atoms with Gasteiger partial charge in [0.15, 0.2) is 0 Å². The van der Waals surface area contributed by atoms with Crippen LogP contribution in [0.5, 0.6) is 0 Å². The van der Waals surface area contributed by atoms with Crippen molar-refractivity contribution < 1.29 is 8.94 Å². The number of aromatic amines is 1. The molecule has 0 spiro atoms. The molecule has 0 bridgehead atoms. The largest absolute Gasteiger partial charge is 0.415 e. The molecule has 0 saturated carbocycles. The predicted octanol–water partition coefficient (Wildman–Crippen LogP) is 4.78. The fourth-order valence-electron chi connectivity index (χ4n) is 3.44. The molecule has 10 nitrogen and oxygen atoms in total. The average molecular weight is 458 g/mol. The first-order valence-electron chi connectivity index (χ1n) is 10.5. The van der Waals surface area contributed by atoms with Crippen molar-refractivity contribution >= 4 is 0 Å². The number of rotatable bonds is 5. The molecule has 1 N–H and O–H groups in total. The van der Waals surface area contributed by atoms with E-state index in [4.69, 9.17) is 14.2 Å². The molecule has 0 aliphatic rings. The molecule has 10 heteroatoms. The number of imidazole rings is 1. The monoisotopic (exact) mass is 458 g/mol. The summed E-state index contributed by atoms with van der Waals surface area (Å²) in [6.07, 6.45) is 4.98. The van der Waals surface area contributed by atoms with Gasteiger partial charge in [-0.1, -0.05) is 29.4 Å². The second-order valence-corrected chi connectivity index (χ2v) is 7.48. The van der Waals surface area contributed by atoms with E-state index in [-0.39, 0.29) is 0 Å². The quantitative estimate of drug-likeness (QED) is 0.386. The molecule has 0 unspecified atom stereocenters. The van der Waals surface area contributed by atoms with Crippen molar-refractivity contribution in [3.63, 3.8) is 0 Å². The number of nitrogens with zero attached hydrogens (tertiary/aromatic N) is 7. The van der Waals surface area contributed by atoms with Crippen LogP contribution < -0.4 is 0 Å². The third-order valence-corrected chi connectivity index (χ3v) is 5.26. The van der Waals surface area contributed by atoms with Crippen molar-refractivity contribution in [1.29, 1.82) is 5.26 Å². The van der Waals surface area contributed by atoms with Crippen LogP contribution in [0.2, 0.25) is 0 Å². The van der Waals surface area contributed by atoms with Crippen LogP contribution in [-0.4, -0.2) is 35.3 Å². The van der Waals surface area contributed by atoms with Crippen LogP contribution in [0.4, 0.5) is 0 Å². The van der Waals surface area contributed by atoms with Crippen LogP contribution >= 0.6 is 0 Å². The molecule has 0 amide bonds. The summed E-state index contributed by atoms with van der Waals surface area (Å²) in [4.78, 5) is 16.1. The molecule has 0 aliphatic heterocycles. The summed E-state index contributed by atoms with van der Waals surface area (Å²) in [6, 6.07) is 20.2. The minimum Gasteiger partial charge on any atom is -0.415 e. The molecule has 6 aromatic rings. The lowest BCUT2D eigenvalue weighted by Gasteiger charge is -1.98. The highest BCUT2D eigenvalue weighted by Gasteiger charge is 2.15. The van der Waals surface area contributed by atoms with Crippen molar-refractivity contribution in [3.05, 3.63) is 84.8 Å². The zero-order valence-electron chi connectivity index (χ0n) is 18.0. The second kappa shape index (κ2) is 8.49. The van der Waals surface area contributed by atoms with Crippen molar-refractivity contribution in [1.82, 2.24) is 35.3 Å². The van der Waals surface area contributed by atoms with E-state index in [2.05, 4.69) is 41.4 Å². The molecule has 0 saturated heterocycles. The number of benzene rings is 2. The van der Waals surface area contributed by atoms with Gasteiger partial charge in [-0.3, -0.25) is 4.98 Å². The standard InChI is InChI=1S/C25H14N8O2/c26-13-15-1-3-18(4-2-15)23-30-22(33-35-23)17-7-5-16(6-8-17)21-28-14-20(29-21)25-32-31-24(34-25)19-9-11-27-12-10-19/h1-12,14H,(H,28,29). The smallest absolute Gasteiger partial charge is 0.266 e. The summed E-state index contributed by atoms with van der Waals surface area (Å²) in [5, 5.41) is 21.2. The van der Waals surface area contributed by atoms with E-state index >= 15 is 0 Å². The molecule has 4 aromatic heterocycles. The zero-order valence-corrected chi connectivity index (χ0v) is 18.0. The Morgan fingerprint density at radius 2 is 1.43 bits per heavy atom. The van der Waals surface area contributed by atoms with Crippen molar-refractivity contribution in [2.24, 2.45) is 0 Å². The highest BCUT2D eigenvalue weighted by Crippen LogP contribution is 2.27. The Hall–Kier alpha value is -5.43. The number of hydrogen-bond donors (Lipinski definition) is 1. The summed E-state index contributed by atoms with van der Waals surface area (Å²) in [5.74, 6) is 2.25. The second-order valence-electron chi connectivity index (χ2n) is 7.48. The van der Waals surface area contributed by atoms with E-state index in [1.54, 1.807) is 55.0 Å². The van der Waals surface area contributed by atoms with Gasteiger partial charge in [0.25, 0.3) is 11.8 Å². The van der Waals surface area contributed by atoms with Crippen LogP contribution in [0, 0.1) is 11.3 Å². The predicted molar refractivity (Wildman–Crippen MR) is 124 cm³/mol. The van der Waals surface area contributed by atoms with Gasteiger partial charge in [0.1, 0.15) is 11.5 Å². The molecular weight excluding hydrogens is 444 g/mol. The Morgan fingerprint density at radius 1 is 0.743 bits per heavy atom. The minimum absolute atomic E-state index is 0.342. The Balaban J connectivity index is 1.20. The fraction of sp³-hybridized carbons (Fsp3) is 0. The number of aromatic nitrogens is 7. The lowest BCUT2D eigenvalue weighted by atomic mass is 10.1. The molecule has 6 rings (SSSR count). The Morgan fingerprint density at radius 3 is 2.20 bits per heavy atom. The normalized spacial score (nSPS) is 10.8. The van der Waals surface area contributed by atoms with Gasteiger partial charge < -0.3 is 13.9 Å². The average Bonchev–Trinajstić information content (AvgIpc) is 3.70. The molecule has 2 aromatic carbocycles. The molecule has 0 fully saturated rings. The van der Waals surface area contributed by atoms with Gasteiger partial charge in [-0.15, -0.1) is 10.2 Å². The van der Waals surface area contributed by atoms with Crippen molar-refractivity contribution in [3.8, 4) is 63.3 Å². The highest BCUT2D eigenvalue weighted by atomic mass is 16.5. The first-order chi connectivity index (χ1) is 17.3. The zero-order chi connectivity index (χ0) is 23.6. The lowest BCUT2D eigenvalue weighted by Crippen LogP contribution is -1.84. The number of pyridine rings is 1. The van der Waals surface area contributed by atoms with E-state index in [9.17, 15) is 0 Å². The number of nitriles is 1. The lowest BCUT2D eigenvalue weighted by molar-refractivity contribution is 0.432. The number of hydrogen-bond acceptors (Lipinski definition) is 9. The van der Waals surface area contributed by atoms with Crippen molar-refractivity contribution in [2.75, 3.05) is 0 Å². The molecule has 0 radical (unpaired) electrons. The minimum atomic E-state index is 0.342. The van der Waals surface area contributed by atoms with Gasteiger partial charge >= 0.3 is 0 Å². The number of H-pyrrole nitrogens is 1. The molecular formula is C25H14N8O2. The van der Waals surface area contributed by atoms with Gasteiger partial charge in [0.05, 0.1) is 17.8 Å². The third kappa shape index (κ3) is 3.94. The first-order valence-corrected chi connectivity index (χ1v) is 10.5. The van der Waals surface area contributed by atoms with E-state index in [1.807, 2.05) is 24.3 Å². The molecule has 166 valence electrons. The fourth-order valence-corrected chi connectivity index (χ4v) is 3.44. The van der Waals surface area contributed by atoms with Crippen molar-refractivity contribution in [2.45, 2.75) is 0 Å². The summed E-state index contributed by atoms with van der Waals surface area (Å²) >= 11 is 0. The van der Waals surface area contributed by atoms with Gasteiger partial charge in [0.2, 0.25) is 11.7 Å². The first kappa shape index (κ1) is 20.2. The van der Waals surface area contributed by atoms with E-state index < -0.39 is 0 Å². The van der Waals surface area contributed by atoms with Crippen LogP contribution in [0.3, 0.4) is 0 Å². The van der Waals surface area contributed by atoms with Crippen LogP contribution in [0.1, 0.15) is 5.56 Å². The van der Waals surface area contributed by atoms with E-state index in [1.165, 1.54) is 0 Å².